The van der Waals surface area contributed by atoms with Crippen molar-refractivity contribution in [3.63, 3.8) is 0 Å². The van der Waals surface area contributed by atoms with Gasteiger partial charge in [-0.05, 0) is 25.7 Å². The molecule has 0 amide bonds. The van der Waals surface area contributed by atoms with Crippen LogP contribution in [0.15, 0.2) is 0 Å². The number of ether oxygens (including phenoxy) is 2. The number of nitro groups is 1. The molecule has 0 saturated carbocycles. The highest BCUT2D eigenvalue weighted by atomic mass is 16.6. The molecule has 6 nitrogen and oxygen atoms in total. The summed E-state index contributed by atoms with van der Waals surface area (Å²) in [6.45, 7) is 0.848. The van der Waals surface area contributed by atoms with Crippen LogP contribution in [0.2, 0.25) is 0 Å². The highest BCUT2D eigenvalue weighted by Crippen LogP contribution is 2.47. The Labute approximate surface area is 110 Å². The number of hydrogen-bond acceptors (Lipinski definition) is 5. The minimum atomic E-state index is -0.390. The molecule has 102 valence electrons. The lowest BCUT2D eigenvalue weighted by Crippen LogP contribution is -2.19. The molecule has 0 spiro atoms. The first-order valence-electron chi connectivity index (χ1n) is 6.45. The van der Waals surface area contributed by atoms with Crippen molar-refractivity contribution in [3.05, 3.63) is 26.8 Å². The predicted octanol–water partition coefficient (Wildman–Crippen LogP) is 1.74. The molecule has 19 heavy (non-hydrogen) atoms. The van der Waals surface area contributed by atoms with Gasteiger partial charge < -0.3 is 14.6 Å². The molecule has 0 unspecified atom stereocenters. The lowest BCUT2D eigenvalue weighted by atomic mass is 9.91. The Kier molecular flexibility index (Phi) is 3.02. The van der Waals surface area contributed by atoms with E-state index in [0.717, 1.165) is 18.4 Å². The zero-order chi connectivity index (χ0) is 13.4. The number of aliphatic hydroxyl groups excluding tert-OH is 1. The minimum Gasteiger partial charge on any atom is -0.493 e. The lowest BCUT2D eigenvalue weighted by Gasteiger charge is -2.26. The highest BCUT2D eigenvalue weighted by molar-refractivity contribution is 5.67. The van der Waals surface area contributed by atoms with E-state index in [1.54, 1.807) is 0 Å². The maximum atomic E-state index is 11.4. The Bertz CT molecular complexity index is 503. The summed E-state index contributed by atoms with van der Waals surface area (Å²) in [6, 6.07) is 0. The molecule has 6 heteroatoms. The minimum absolute atomic E-state index is 0.0293. The molecule has 2 heterocycles. The third-order valence-corrected chi connectivity index (χ3v) is 3.66. The van der Waals surface area contributed by atoms with Crippen molar-refractivity contribution in [2.75, 3.05) is 13.2 Å². The maximum absolute atomic E-state index is 11.4. The molecule has 1 N–H and O–H groups in total. The second-order valence-corrected chi connectivity index (χ2v) is 4.76. The van der Waals surface area contributed by atoms with Gasteiger partial charge in [0.05, 0.1) is 30.3 Å². The summed E-state index contributed by atoms with van der Waals surface area (Å²) in [6.07, 6.45) is 2.82. The van der Waals surface area contributed by atoms with Crippen LogP contribution in [0.1, 0.15) is 29.5 Å². The van der Waals surface area contributed by atoms with Crippen LogP contribution in [0.4, 0.5) is 5.69 Å². The average molecular weight is 265 g/mol. The Morgan fingerprint density at radius 3 is 2.37 bits per heavy atom. The standard InChI is InChI=1S/C13H15NO5/c15-7-10-8-3-1-6-19-13(8)11(14(16)17)9-4-2-5-18-12(9)10/h15H,1-7H2. The first-order valence-corrected chi connectivity index (χ1v) is 6.45. The molecule has 0 radical (unpaired) electrons. The van der Waals surface area contributed by atoms with E-state index in [9.17, 15) is 15.2 Å². The fourth-order valence-corrected chi connectivity index (χ4v) is 2.88. The summed E-state index contributed by atoms with van der Waals surface area (Å²) in [5.41, 5.74) is 2.00. The van der Waals surface area contributed by atoms with E-state index in [4.69, 9.17) is 9.47 Å². The largest absolute Gasteiger partial charge is 0.493 e. The molecule has 1 aromatic carbocycles. The number of nitro benzene ring substituents is 1. The Balaban J connectivity index is 2.31. The third-order valence-electron chi connectivity index (χ3n) is 3.66. The van der Waals surface area contributed by atoms with Gasteiger partial charge in [-0.3, -0.25) is 10.1 Å². The number of nitrogens with zero attached hydrogens (tertiary/aromatic N) is 1. The van der Waals surface area contributed by atoms with Crippen molar-refractivity contribution in [2.24, 2.45) is 0 Å². The van der Waals surface area contributed by atoms with Crippen molar-refractivity contribution in [2.45, 2.75) is 32.3 Å². The first-order chi connectivity index (χ1) is 9.24. The van der Waals surface area contributed by atoms with Crippen LogP contribution < -0.4 is 9.47 Å². The Hall–Kier alpha value is -1.82. The summed E-state index contributed by atoms with van der Waals surface area (Å²) in [5.74, 6) is 0.842. The summed E-state index contributed by atoms with van der Waals surface area (Å²) in [5, 5.41) is 20.9. The number of fused-ring (bicyclic) bond motifs is 2. The Morgan fingerprint density at radius 1 is 1.11 bits per heavy atom. The predicted molar refractivity (Wildman–Crippen MR) is 66.7 cm³/mol. The quantitative estimate of drug-likeness (QED) is 0.650. The SMILES string of the molecule is O=[N+]([O-])c1c2c(c(CO)c3c1OCCC3)OCCC2. The van der Waals surface area contributed by atoms with Gasteiger partial charge in [-0.25, -0.2) is 0 Å². The molecule has 0 atom stereocenters. The smallest absolute Gasteiger partial charge is 0.318 e. The average Bonchev–Trinajstić information content (AvgIpc) is 2.44. The monoisotopic (exact) mass is 265 g/mol. The summed E-state index contributed by atoms with van der Waals surface area (Å²) >= 11 is 0. The van der Waals surface area contributed by atoms with Crippen LogP contribution in [-0.2, 0) is 19.4 Å². The van der Waals surface area contributed by atoms with Crippen LogP contribution >= 0.6 is 0 Å². The third kappa shape index (κ3) is 1.83. The van der Waals surface area contributed by atoms with Crippen LogP contribution in [0.3, 0.4) is 0 Å². The molecule has 0 fully saturated rings. The molecule has 0 bridgehead atoms. The molecule has 2 aliphatic heterocycles. The number of rotatable bonds is 2. The van der Waals surface area contributed by atoms with Gasteiger partial charge >= 0.3 is 5.69 Å². The Morgan fingerprint density at radius 2 is 1.74 bits per heavy atom. The van der Waals surface area contributed by atoms with E-state index in [-0.39, 0.29) is 12.3 Å². The summed E-state index contributed by atoms with van der Waals surface area (Å²) in [4.78, 5) is 11.0. The molecular weight excluding hydrogens is 250 g/mol. The number of hydrogen-bond donors (Lipinski definition) is 1. The normalized spacial score (nSPS) is 16.9. The highest BCUT2D eigenvalue weighted by Gasteiger charge is 2.34. The van der Waals surface area contributed by atoms with Gasteiger partial charge in [0.25, 0.3) is 0 Å². The molecule has 0 aromatic heterocycles. The van der Waals surface area contributed by atoms with Crippen molar-refractivity contribution in [1.29, 1.82) is 0 Å². The van der Waals surface area contributed by atoms with E-state index < -0.39 is 4.92 Å². The van der Waals surface area contributed by atoms with Gasteiger partial charge in [0.2, 0.25) is 5.75 Å². The summed E-state index contributed by atoms with van der Waals surface area (Å²) in [7, 11) is 0. The van der Waals surface area contributed by atoms with Crippen LogP contribution in [0.25, 0.3) is 0 Å². The van der Waals surface area contributed by atoms with E-state index >= 15 is 0 Å². The fraction of sp³-hybridized carbons (Fsp3) is 0.538. The van der Waals surface area contributed by atoms with Crippen molar-refractivity contribution < 1.29 is 19.5 Å². The van der Waals surface area contributed by atoms with Crippen molar-refractivity contribution in [3.8, 4) is 11.5 Å². The van der Waals surface area contributed by atoms with Gasteiger partial charge in [0, 0.05) is 11.1 Å². The topological polar surface area (TPSA) is 81.8 Å². The second kappa shape index (κ2) is 4.70. The molecule has 0 aliphatic carbocycles. The zero-order valence-electron chi connectivity index (χ0n) is 10.5. The molecule has 1 aromatic rings. The van der Waals surface area contributed by atoms with Gasteiger partial charge in [0.15, 0.2) is 0 Å². The van der Waals surface area contributed by atoms with Crippen molar-refractivity contribution in [1.82, 2.24) is 0 Å². The lowest BCUT2D eigenvalue weighted by molar-refractivity contribution is -0.386. The van der Waals surface area contributed by atoms with E-state index in [1.807, 2.05) is 0 Å². The van der Waals surface area contributed by atoms with E-state index in [1.165, 1.54) is 0 Å². The van der Waals surface area contributed by atoms with Gasteiger partial charge in [-0.15, -0.1) is 0 Å². The molecule has 0 saturated heterocycles. The van der Waals surface area contributed by atoms with Crippen LogP contribution in [0.5, 0.6) is 11.5 Å². The first kappa shape index (κ1) is 12.2. The number of aliphatic hydroxyl groups is 1. The summed E-state index contributed by atoms with van der Waals surface area (Å²) < 4.78 is 11.1. The molecule has 2 aliphatic rings. The van der Waals surface area contributed by atoms with Crippen LogP contribution in [0, 0.1) is 10.1 Å². The van der Waals surface area contributed by atoms with E-state index in [0.29, 0.717) is 48.7 Å². The fourth-order valence-electron chi connectivity index (χ4n) is 2.88. The number of benzene rings is 1. The van der Waals surface area contributed by atoms with E-state index in [2.05, 4.69) is 0 Å². The van der Waals surface area contributed by atoms with Crippen molar-refractivity contribution >= 4 is 5.69 Å². The van der Waals surface area contributed by atoms with Gasteiger partial charge in [-0.1, -0.05) is 0 Å². The molecule has 3 rings (SSSR count). The maximum Gasteiger partial charge on any atom is 0.318 e. The second-order valence-electron chi connectivity index (χ2n) is 4.76. The van der Waals surface area contributed by atoms with Crippen LogP contribution in [-0.4, -0.2) is 23.2 Å². The van der Waals surface area contributed by atoms with Gasteiger partial charge in [0.1, 0.15) is 5.75 Å². The molecular formula is C13H15NO5. The zero-order valence-corrected chi connectivity index (χ0v) is 10.5. The van der Waals surface area contributed by atoms with Gasteiger partial charge in [-0.2, -0.15) is 0 Å².